The van der Waals surface area contributed by atoms with E-state index in [1.54, 1.807) is 0 Å². The highest BCUT2D eigenvalue weighted by atomic mass is 15.0. The fourth-order valence-electron chi connectivity index (χ4n) is 6.66. The van der Waals surface area contributed by atoms with Gasteiger partial charge in [-0.2, -0.15) is 0 Å². The fraction of sp³-hybridized carbons (Fsp3) is 0. The van der Waals surface area contributed by atoms with E-state index < -0.39 is 0 Å². The Balaban J connectivity index is 1.22. The monoisotopic (exact) mass is 626 g/mol. The highest BCUT2D eigenvalue weighted by Crippen LogP contribution is 2.36. The molecule has 0 spiro atoms. The Bertz CT molecular complexity index is 2590. The summed E-state index contributed by atoms with van der Waals surface area (Å²) in [5, 5.41) is 2.43. The molecule has 0 bridgehead atoms. The van der Waals surface area contributed by atoms with Crippen LogP contribution in [-0.2, 0) is 0 Å². The van der Waals surface area contributed by atoms with E-state index in [1.165, 1.54) is 21.9 Å². The van der Waals surface area contributed by atoms with Gasteiger partial charge in [0.1, 0.15) is 0 Å². The van der Waals surface area contributed by atoms with Crippen molar-refractivity contribution in [1.29, 1.82) is 0 Å². The number of rotatable bonds is 6. The van der Waals surface area contributed by atoms with Crippen LogP contribution in [-0.4, -0.2) is 19.5 Å². The molecule has 0 aliphatic rings. The van der Waals surface area contributed by atoms with Crippen molar-refractivity contribution in [2.75, 3.05) is 0 Å². The summed E-state index contributed by atoms with van der Waals surface area (Å²) < 4.78 is 2.35. The molecule has 2 aromatic heterocycles. The molecule has 4 heteroatoms. The lowest BCUT2D eigenvalue weighted by Gasteiger charge is -2.12. The zero-order valence-corrected chi connectivity index (χ0v) is 26.6. The Morgan fingerprint density at radius 3 is 1.43 bits per heavy atom. The maximum atomic E-state index is 5.10. The molecular formula is C45H30N4. The zero-order chi connectivity index (χ0) is 32.6. The minimum Gasteiger partial charge on any atom is -0.309 e. The number of fused-ring (bicyclic) bond motifs is 3. The van der Waals surface area contributed by atoms with Gasteiger partial charge in [0.2, 0.25) is 0 Å². The van der Waals surface area contributed by atoms with E-state index in [0.29, 0.717) is 17.5 Å². The molecule has 9 rings (SSSR count). The summed E-state index contributed by atoms with van der Waals surface area (Å²) in [6.07, 6.45) is 0. The van der Waals surface area contributed by atoms with Crippen molar-refractivity contribution in [3.63, 3.8) is 0 Å². The molecule has 0 saturated heterocycles. The van der Waals surface area contributed by atoms with Crippen LogP contribution in [0.1, 0.15) is 0 Å². The molecule has 0 amide bonds. The van der Waals surface area contributed by atoms with E-state index in [0.717, 1.165) is 44.5 Å². The Morgan fingerprint density at radius 2 is 0.755 bits per heavy atom. The van der Waals surface area contributed by atoms with Crippen molar-refractivity contribution in [2.24, 2.45) is 0 Å². The van der Waals surface area contributed by atoms with Crippen LogP contribution in [0.5, 0.6) is 0 Å². The van der Waals surface area contributed by atoms with Gasteiger partial charge in [-0.05, 0) is 52.6 Å². The highest BCUT2D eigenvalue weighted by Gasteiger charge is 2.16. The minimum atomic E-state index is 0.626. The van der Waals surface area contributed by atoms with Crippen molar-refractivity contribution in [2.45, 2.75) is 0 Å². The van der Waals surface area contributed by atoms with Crippen LogP contribution < -0.4 is 0 Å². The summed E-state index contributed by atoms with van der Waals surface area (Å²) >= 11 is 0. The average Bonchev–Trinajstić information content (AvgIpc) is 3.52. The molecule has 0 saturated carbocycles. The van der Waals surface area contributed by atoms with Gasteiger partial charge in [0.25, 0.3) is 0 Å². The second-order valence-corrected chi connectivity index (χ2v) is 12.1. The number of benzene rings is 7. The SMILES string of the molecule is c1ccc(-c2cccc(-c3nc(-c4ccccc4)nc(-c4cccc(-n5c6ccccc6c6ccc(-c7ccccc7)cc65)c4)n3)c2)cc1. The van der Waals surface area contributed by atoms with Gasteiger partial charge in [0, 0.05) is 33.2 Å². The van der Waals surface area contributed by atoms with Gasteiger partial charge in [-0.15, -0.1) is 0 Å². The Morgan fingerprint density at radius 1 is 0.286 bits per heavy atom. The van der Waals surface area contributed by atoms with E-state index in [-0.39, 0.29) is 0 Å². The van der Waals surface area contributed by atoms with Gasteiger partial charge < -0.3 is 4.57 Å². The first-order chi connectivity index (χ1) is 24.3. The Labute approximate surface area is 284 Å². The summed E-state index contributed by atoms with van der Waals surface area (Å²) in [7, 11) is 0. The topological polar surface area (TPSA) is 43.6 Å². The lowest BCUT2D eigenvalue weighted by atomic mass is 10.0. The fourth-order valence-corrected chi connectivity index (χ4v) is 6.66. The first kappa shape index (κ1) is 28.6. The van der Waals surface area contributed by atoms with Gasteiger partial charge in [0.05, 0.1) is 11.0 Å². The molecule has 0 N–H and O–H groups in total. The summed E-state index contributed by atoms with van der Waals surface area (Å²) in [4.78, 5) is 15.2. The molecule has 7 aromatic carbocycles. The first-order valence-electron chi connectivity index (χ1n) is 16.5. The van der Waals surface area contributed by atoms with Crippen molar-refractivity contribution in [3.05, 3.63) is 182 Å². The van der Waals surface area contributed by atoms with Crippen molar-refractivity contribution in [1.82, 2.24) is 19.5 Å². The summed E-state index contributed by atoms with van der Waals surface area (Å²) in [6.45, 7) is 0. The van der Waals surface area contributed by atoms with Crippen LogP contribution in [0, 0.1) is 0 Å². The van der Waals surface area contributed by atoms with Crippen LogP contribution in [0.2, 0.25) is 0 Å². The third kappa shape index (κ3) is 5.35. The standard InChI is InChI=1S/C45H30N4/c1-4-14-31(15-5-1)34-20-12-21-36(28-34)44-46-43(33-18-8-3-9-19-33)47-45(48-44)37-22-13-23-38(29-37)49-41-25-11-10-24-39(41)40-27-26-35(30-42(40)49)32-16-6-2-7-17-32/h1-30H. The lowest BCUT2D eigenvalue weighted by Crippen LogP contribution is -2.01. The van der Waals surface area contributed by atoms with E-state index in [2.05, 4.69) is 150 Å². The number of para-hydroxylation sites is 1. The number of hydrogen-bond donors (Lipinski definition) is 0. The molecule has 4 nitrogen and oxygen atoms in total. The van der Waals surface area contributed by atoms with Gasteiger partial charge in [-0.1, -0.05) is 152 Å². The van der Waals surface area contributed by atoms with Gasteiger partial charge in [0.15, 0.2) is 17.5 Å². The van der Waals surface area contributed by atoms with Crippen molar-refractivity contribution < 1.29 is 0 Å². The maximum Gasteiger partial charge on any atom is 0.164 e. The number of hydrogen-bond acceptors (Lipinski definition) is 3. The largest absolute Gasteiger partial charge is 0.309 e. The Kier molecular flexibility index (Phi) is 7.10. The Hall–Kier alpha value is -6.65. The average molecular weight is 627 g/mol. The number of nitrogens with zero attached hydrogens (tertiary/aromatic N) is 4. The lowest BCUT2D eigenvalue weighted by molar-refractivity contribution is 1.07. The third-order valence-electron chi connectivity index (χ3n) is 9.04. The maximum absolute atomic E-state index is 5.10. The van der Waals surface area contributed by atoms with Crippen LogP contribution >= 0.6 is 0 Å². The second-order valence-electron chi connectivity index (χ2n) is 12.1. The van der Waals surface area contributed by atoms with Crippen LogP contribution in [0.15, 0.2) is 182 Å². The summed E-state index contributed by atoms with van der Waals surface area (Å²) in [5.74, 6) is 1.90. The van der Waals surface area contributed by atoms with Crippen molar-refractivity contribution in [3.8, 4) is 62.1 Å². The van der Waals surface area contributed by atoms with Crippen LogP contribution in [0.25, 0.3) is 83.9 Å². The zero-order valence-electron chi connectivity index (χ0n) is 26.6. The summed E-state index contributed by atoms with van der Waals surface area (Å²) in [5.41, 5.74) is 10.8. The molecule has 0 aliphatic carbocycles. The van der Waals surface area contributed by atoms with Crippen LogP contribution in [0.3, 0.4) is 0 Å². The molecule has 0 unspecified atom stereocenters. The highest BCUT2D eigenvalue weighted by molar-refractivity contribution is 6.10. The molecule has 9 aromatic rings. The molecule has 0 aliphatic heterocycles. The second kappa shape index (κ2) is 12.2. The van der Waals surface area contributed by atoms with E-state index in [1.807, 2.05) is 36.4 Å². The molecule has 2 heterocycles. The molecule has 49 heavy (non-hydrogen) atoms. The smallest absolute Gasteiger partial charge is 0.164 e. The molecule has 0 atom stereocenters. The predicted molar refractivity (Wildman–Crippen MR) is 201 cm³/mol. The quantitative estimate of drug-likeness (QED) is 0.184. The van der Waals surface area contributed by atoms with E-state index in [4.69, 9.17) is 15.0 Å². The van der Waals surface area contributed by atoms with Gasteiger partial charge in [-0.25, -0.2) is 15.0 Å². The molecule has 0 radical (unpaired) electrons. The van der Waals surface area contributed by atoms with Crippen molar-refractivity contribution >= 4 is 21.8 Å². The minimum absolute atomic E-state index is 0.626. The normalized spacial score (nSPS) is 11.3. The molecule has 0 fully saturated rings. The summed E-state index contributed by atoms with van der Waals surface area (Å²) in [6, 6.07) is 63.4. The van der Waals surface area contributed by atoms with E-state index >= 15 is 0 Å². The van der Waals surface area contributed by atoms with Crippen LogP contribution in [0.4, 0.5) is 0 Å². The third-order valence-corrected chi connectivity index (χ3v) is 9.04. The van der Waals surface area contributed by atoms with Gasteiger partial charge in [-0.3, -0.25) is 0 Å². The van der Waals surface area contributed by atoms with E-state index in [9.17, 15) is 0 Å². The predicted octanol–water partition coefficient (Wildman–Crippen LogP) is 11.3. The molecular weight excluding hydrogens is 597 g/mol. The number of aromatic nitrogens is 4. The van der Waals surface area contributed by atoms with Gasteiger partial charge >= 0.3 is 0 Å². The first-order valence-corrected chi connectivity index (χ1v) is 16.5. The molecule has 230 valence electrons.